The van der Waals surface area contributed by atoms with E-state index in [1.807, 2.05) is 23.9 Å². The summed E-state index contributed by atoms with van der Waals surface area (Å²) in [6, 6.07) is 6.42. The number of quaternary nitrogens is 1. The Morgan fingerprint density at radius 3 is 2.80 bits per heavy atom. The number of nitrogens with one attached hydrogen (secondary N) is 1. The lowest BCUT2D eigenvalue weighted by Gasteiger charge is -2.32. The summed E-state index contributed by atoms with van der Waals surface area (Å²) < 4.78 is 5.85. The minimum absolute atomic E-state index is 0.146. The Bertz CT molecular complexity index is 817. The van der Waals surface area contributed by atoms with Gasteiger partial charge in [-0.25, -0.2) is 9.88 Å². The number of anilines is 1. The summed E-state index contributed by atoms with van der Waals surface area (Å²) in [5.41, 5.74) is 4.27. The normalized spacial score (nSPS) is 19.3. The minimum atomic E-state index is 0.146. The second-order valence-electron chi connectivity index (χ2n) is 7.35. The number of nitriles is 1. The molecule has 1 saturated heterocycles. The van der Waals surface area contributed by atoms with E-state index in [-0.39, 0.29) is 4.75 Å². The molecule has 2 aromatic heterocycles. The molecular formula is C19H24N4OS+2. The van der Waals surface area contributed by atoms with Crippen LogP contribution in [0.25, 0.3) is 11.5 Å². The molecule has 2 aliphatic rings. The molecule has 0 bridgehead atoms. The van der Waals surface area contributed by atoms with Crippen molar-refractivity contribution in [2.24, 2.45) is 0 Å². The number of furan rings is 1. The lowest BCUT2D eigenvalue weighted by molar-refractivity contribution is -0.656. The van der Waals surface area contributed by atoms with Crippen molar-refractivity contribution in [2.75, 3.05) is 31.1 Å². The summed E-state index contributed by atoms with van der Waals surface area (Å²) in [5, 5.41) is 12.3. The number of nitrogens with zero attached hydrogens (tertiary/aromatic N) is 2. The van der Waals surface area contributed by atoms with Gasteiger partial charge < -0.3 is 9.73 Å². The van der Waals surface area contributed by atoms with E-state index >= 15 is 0 Å². The Hall–Kier alpha value is -1.97. The average Bonchev–Trinajstić information content (AvgIpc) is 3.14. The van der Waals surface area contributed by atoms with Crippen LogP contribution in [0.15, 0.2) is 22.8 Å². The van der Waals surface area contributed by atoms with Crippen molar-refractivity contribution in [1.82, 2.24) is 0 Å². The van der Waals surface area contributed by atoms with Gasteiger partial charge in [0, 0.05) is 16.1 Å². The number of nitrogens with two attached hydrogens (primary N) is 1. The molecule has 0 spiro atoms. The largest absolute Gasteiger partial charge is 0.461 e. The van der Waals surface area contributed by atoms with Crippen molar-refractivity contribution in [3.05, 3.63) is 35.1 Å². The summed E-state index contributed by atoms with van der Waals surface area (Å²) in [6.07, 6.45) is 2.62. The number of H-pyrrole nitrogens is 1. The lowest BCUT2D eigenvalue weighted by Crippen LogP contribution is -2.90. The zero-order valence-corrected chi connectivity index (χ0v) is 15.6. The number of aromatic nitrogens is 1. The number of hydrogen-bond acceptors (Lipinski definition) is 4. The third kappa shape index (κ3) is 3.03. The SMILES string of the molecule is CC1(C)Cc2c(C#N)c(N3CC[NH2+]CC3)[nH+]c(-c3ccco3)c2CS1. The standard InChI is InChI=1S/C19H22N4OS/c1-19(2)10-13-14(11-20)18(23-7-5-21-6-8-23)22-17(15(13)12-25-19)16-4-3-9-24-16/h3-4,9,21H,5-8,10,12H2,1-2H3/p+2. The van der Waals surface area contributed by atoms with E-state index in [1.165, 1.54) is 11.1 Å². The molecule has 4 rings (SSSR count). The summed E-state index contributed by atoms with van der Waals surface area (Å²) in [5.74, 6) is 2.71. The third-order valence-electron chi connectivity index (χ3n) is 5.06. The van der Waals surface area contributed by atoms with E-state index in [0.717, 1.165) is 61.2 Å². The van der Waals surface area contributed by atoms with Crippen molar-refractivity contribution >= 4 is 17.6 Å². The van der Waals surface area contributed by atoms with Gasteiger partial charge in [-0.15, -0.1) is 0 Å². The first-order chi connectivity index (χ1) is 12.1. The van der Waals surface area contributed by atoms with E-state index < -0.39 is 0 Å². The highest BCUT2D eigenvalue weighted by atomic mass is 32.2. The quantitative estimate of drug-likeness (QED) is 0.887. The number of piperazine rings is 1. The van der Waals surface area contributed by atoms with Crippen LogP contribution in [-0.2, 0) is 12.2 Å². The molecule has 1 fully saturated rings. The first-order valence-corrected chi connectivity index (χ1v) is 9.83. The molecule has 0 amide bonds. The first-order valence-electron chi connectivity index (χ1n) is 8.84. The van der Waals surface area contributed by atoms with Crippen LogP contribution in [0.1, 0.15) is 30.5 Å². The lowest BCUT2D eigenvalue weighted by atomic mass is 9.91. The predicted molar refractivity (Wildman–Crippen MR) is 98.4 cm³/mol. The molecule has 130 valence electrons. The number of fused-ring (bicyclic) bond motifs is 1. The molecule has 2 aromatic rings. The average molecular weight is 356 g/mol. The van der Waals surface area contributed by atoms with Gasteiger partial charge in [0.1, 0.15) is 37.8 Å². The third-order valence-corrected chi connectivity index (χ3v) is 6.42. The van der Waals surface area contributed by atoms with Crippen LogP contribution in [0.2, 0.25) is 0 Å². The summed E-state index contributed by atoms with van der Waals surface area (Å²) in [4.78, 5) is 5.89. The number of rotatable bonds is 2. The van der Waals surface area contributed by atoms with Gasteiger partial charge >= 0.3 is 0 Å². The Morgan fingerprint density at radius 1 is 1.32 bits per heavy atom. The van der Waals surface area contributed by atoms with Gasteiger partial charge in [-0.05, 0) is 24.1 Å². The first kappa shape index (κ1) is 16.5. The zero-order valence-electron chi connectivity index (χ0n) is 14.8. The summed E-state index contributed by atoms with van der Waals surface area (Å²) in [6.45, 7) is 8.57. The van der Waals surface area contributed by atoms with Crippen LogP contribution in [0, 0.1) is 11.3 Å². The molecule has 0 saturated carbocycles. The van der Waals surface area contributed by atoms with E-state index in [4.69, 9.17) is 4.42 Å². The van der Waals surface area contributed by atoms with Gasteiger partial charge in [-0.1, -0.05) is 13.8 Å². The molecular weight excluding hydrogens is 332 g/mol. The van der Waals surface area contributed by atoms with Gasteiger partial charge in [0.05, 0.1) is 6.26 Å². The minimum Gasteiger partial charge on any atom is -0.461 e. The van der Waals surface area contributed by atoms with Crippen molar-refractivity contribution in [3.63, 3.8) is 0 Å². The highest BCUT2D eigenvalue weighted by molar-refractivity contribution is 7.99. The fraction of sp³-hybridized carbons (Fsp3) is 0.474. The fourth-order valence-electron chi connectivity index (χ4n) is 3.76. The van der Waals surface area contributed by atoms with E-state index in [9.17, 15) is 5.26 Å². The molecule has 4 heterocycles. The molecule has 0 aromatic carbocycles. The van der Waals surface area contributed by atoms with Gasteiger partial charge in [0.15, 0.2) is 11.5 Å². The van der Waals surface area contributed by atoms with Crippen LogP contribution in [0.5, 0.6) is 0 Å². The van der Waals surface area contributed by atoms with Crippen LogP contribution >= 0.6 is 11.8 Å². The van der Waals surface area contributed by atoms with Crippen molar-refractivity contribution in [1.29, 1.82) is 5.26 Å². The molecule has 0 aliphatic carbocycles. The smallest absolute Gasteiger partial charge is 0.293 e. The van der Waals surface area contributed by atoms with E-state index in [2.05, 4.69) is 35.1 Å². The van der Waals surface area contributed by atoms with Crippen LogP contribution in [0.3, 0.4) is 0 Å². The Kier molecular flexibility index (Phi) is 4.22. The maximum Gasteiger partial charge on any atom is 0.293 e. The topological polar surface area (TPSA) is 70.9 Å². The number of aromatic amines is 1. The molecule has 0 atom stereocenters. The zero-order chi connectivity index (χ0) is 17.4. The molecule has 5 nitrogen and oxygen atoms in total. The Labute approximate surface area is 152 Å². The Morgan fingerprint density at radius 2 is 2.12 bits per heavy atom. The van der Waals surface area contributed by atoms with Crippen molar-refractivity contribution in [2.45, 2.75) is 30.8 Å². The van der Waals surface area contributed by atoms with E-state index in [0.29, 0.717) is 0 Å². The maximum absolute atomic E-state index is 9.96. The van der Waals surface area contributed by atoms with Crippen LogP contribution < -0.4 is 15.2 Å². The van der Waals surface area contributed by atoms with Crippen LogP contribution in [0.4, 0.5) is 5.82 Å². The number of thioether (sulfide) groups is 1. The van der Waals surface area contributed by atoms with Gasteiger partial charge in [-0.3, -0.25) is 0 Å². The molecule has 25 heavy (non-hydrogen) atoms. The summed E-state index contributed by atoms with van der Waals surface area (Å²) in [7, 11) is 0. The van der Waals surface area contributed by atoms with Crippen molar-refractivity contribution < 1.29 is 14.7 Å². The second-order valence-corrected chi connectivity index (χ2v) is 9.03. The maximum atomic E-state index is 9.96. The number of hydrogen-bond donors (Lipinski definition) is 1. The monoisotopic (exact) mass is 356 g/mol. The summed E-state index contributed by atoms with van der Waals surface area (Å²) >= 11 is 1.95. The molecule has 0 unspecified atom stereocenters. The predicted octanol–water partition coefficient (Wildman–Crippen LogP) is 1.58. The molecule has 0 radical (unpaired) electrons. The number of pyridine rings is 1. The molecule has 3 N–H and O–H groups in total. The van der Waals surface area contributed by atoms with Gasteiger partial charge in [0.2, 0.25) is 0 Å². The molecule has 2 aliphatic heterocycles. The fourth-order valence-corrected chi connectivity index (χ4v) is 4.86. The highest BCUT2D eigenvalue weighted by Crippen LogP contribution is 2.43. The Balaban J connectivity index is 1.92. The van der Waals surface area contributed by atoms with Gasteiger partial charge in [-0.2, -0.15) is 17.0 Å². The molecule has 6 heteroatoms. The highest BCUT2D eigenvalue weighted by Gasteiger charge is 2.36. The van der Waals surface area contributed by atoms with E-state index in [1.54, 1.807) is 6.26 Å². The van der Waals surface area contributed by atoms with Crippen LogP contribution in [-0.4, -0.2) is 30.9 Å². The van der Waals surface area contributed by atoms with Crippen molar-refractivity contribution in [3.8, 4) is 17.5 Å². The van der Waals surface area contributed by atoms with Gasteiger partial charge in [0.25, 0.3) is 5.82 Å². The second kappa shape index (κ2) is 6.40.